The van der Waals surface area contributed by atoms with Crippen LogP contribution in [-0.4, -0.2) is 55.8 Å². The van der Waals surface area contributed by atoms with Crippen molar-refractivity contribution in [3.8, 4) is 5.75 Å². The molecule has 1 atom stereocenters. The molecular weight excluding hydrogens is 479 g/mol. The maximum Gasteiger partial charge on any atom is 0.257 e. The molecule has 4 rings (SSSR count). The van der Waals surface area contributed by atoms with Crippen molar-refractivity contribution in [1.29, 1.82) is 0 Å². The van der Waals surface area contributed by atoms with Gasteiger partial charge in [-0.15, -0.1) is 0 Å². The van der Waals surface area contributed by atoms with Crippen LogP contribution in [0.5, 0.6) is 5.75 Å². The molecule has 36 heavy (non-hydrogen) atoms. The highest BCUT2D eigenvalue weighted by Crippen LogP contribution is 2.27. The van der Waals surface area contributed by atoms with Gasteiger partial charge < -0.3 is 9.64 Å². The summed E-state index contributed by atoms with van der Waals surface area (Å²) in [6.07, 6.45) is 1.51. The number of para-hydroxylation sites is 1. The summed E-state index contributed by atoms with van der Waals surface area (Å²) in [7, 11) is -4.16. The van der Waals surface area contributed by atoms with Gasteiger partial charge in [0.15, 0.2) is 0 Å². The molecular formula is C28H31FN2O4S. The van der Waals surface area contributed by atoms with E-state index < -0.39 is 21.9 Å². The molecule has 1 aliphatic rings. The number of carbonyl (C=O) groups is 1. The summed E-state index contributed by atoms with van der Waals surface area (Å²) >= 11 is 0. The zero-order valence-electron chi connectivity index (χ0n) is 20.3. The second-order valence-electron chi connectivity index (χ2n) is 8.79. The van der Waals surface area contributed by atoms with E-state index in [1.165, 1.54) is 22.5 Å². The van der Waals surface area contributed by atoms with E-state index in [-0.39, 0.29) is 24.0 Å². The van der Waals surface area contributed by atoms with Crippen molar-refractivity contribution in [3.05, 3.63) is 95.8 Å². The molecule has 0 radical (unpaired) electrons. The van der Waals surface area contributed by atoms with E-state index in [1.54, 1.807) is 29.2 Å². The van der Waals surface area contributed by atoms with Gasteiger partial charge in [0.2, 0.25) is 10.0 Å². The zero-order valence-corrected chi connectivity index (χ0v) is 21.2. The molecule has 0 unspecified atom stereocenters. The number of hydrogen-bond acceptors (Lipinski definition) is 4. The van der Waals surface area contributed by atoms with Gasteiger partial charge in [0.1, 0.15) is 23.1 Å². The average Bonchev–Trinajstić information content (AvgIpc) is 2.89. The Balaban J connectivity index is 1.76. The summed E-state index contributed by atoms with van der Waals surface area (Å²) in [6.45, 7) is 3.13. The minimum atomic E-state index is -4.16. The normalized spacial score (nSPS) is 18.0. The van der Waals surface area contributed by atoms with Crippen LogP contribution in [0.3, 0.4) is 0 Å². The summed E-state index contributed by atoms with van der Waals surface area (Å²) < 4.78 is 49.8. The average molecular weight is 511 g/mol. The number of carbonyl (C=O) groups excluding carboxylic acids is 1. The highest BCUT2D eigenvalue weighted by atomic mass is 32.2. The Morgan fingerprint density at radius 2 is 1.58 bits per heavy atom. The van der Waals surface area contributed by atoms with Crippen LogP contribution in [0, 0.1) is 5.82 Å². The first-order valence-electron chi connectivity index (χ1n) is 12.2. The molecule has 1 aliphatic heterocycles. The van der Waals surface area contributed by atoms with Crippen LogP contribution in [0.4, 0.5) is 4.39 Å². The Morgan fingerprint density at radius 3 is 2.33 bits per heavy atom. The third kappa shape index (κ3) is 5.77. The number of halogens is 1. The van der Waals surface area contributed by atoms with Crippen LogP contribution in [0.2, 0.25) is 0 Å². The van der Waals surface area contributed by atoms with Gasteiger partial charge in [-0.25, -0.2) is 12.8 Å². The van der Waals surface area contributed by atoms with E-state index in [4.69, 9.17) is 4.74 Å². The molecule has 1 amide bonds. The quantitative estimate of drug-likeness (QED) is 0.496. The number of hydrogen-bond donors (Lipinski definition) is 0. The van der Waals surface area contributed by atoms with E-state index in [2.05, 4.69) is 0 Å². The van der Waals surface area contributed by atoms with Gasteiger partial charge in [-0.1, -0.05) is 54.6 Å². The standard InChI is InChI=1S/C28H31FN2O4S/c1-2-30-18-10-11-19-31(36(33,34)27-17-9-7-15-25(27)29)23(20-22-12-4-3-5-13-22)21-35-26-16-8-6-14-24(26)28(30)32/h3-9,12-17,23H,2,10-11,18-21H2,1H3/t23-/m1/s1. The molecule has 6 nitrogen and oxygen atoms in total. The van der Waals surface area contributed by atoms with E-state index in [0.717, 1.165) is 11.6 Å². The second-order valence-corrected chi connectivity index (χ2v) is 10.6. The Kier molecular flexibility index (Phi) is 8.38. The van der Waals surface area contributed by atoms with Gasteiger partial charge in [-0.2, -0.15) is 4.31 Å². The summed E-state index contributed by atoms with van der Waals surface area (Å²) in [5, 5.41) is 0. The van der Waals surface area contributed by atoms with E-state index >= 15 is 0 Å². The molecule has 0 fully saturated rings. The molecule has 0 saturated heterocycles. The van der Waals surface area contributed by atoms with Gasteiger partial charge >= 0.3 is 0 Å². The first-order chi connectivity index (χ1) is 17.4. The van der Waals surface area contributed by atoms with Crippen LogP contribution in [0.15, 0.2) is 83.8 Å². The fourth-order valence-corrected chi connectivity index (χ4v) is 6.22. The van der Waals surface area contributed by atoms with E-state index in [0.29, 0.717) is 43.7 Å². The molecule has 3 aromatic carbocycles. The number of rotatable bonds is 5. The summed E-state index contributed by atoms with van der Waals surface area (Å²) in [5.41, 5.74) is 1.38. The smallest absolute Gasteiger partial charge is 0.257 e. The van der Waals surface area contributed by atoms with Gasteiger partial charge in [0.05, 0.1) is 11.6 Å². The summed E-state index contributed by atoms with van der Waals surface area (Å²) in [5.74, 6) is -0.483. The van der Waals surface area contributed by atoms with Crippen molar-refractivity contribution in [2.24, 2.45) is 0 Å². The highest BCUT2D eigenvalue weighted by molar-refractivity contribution is 7.89. The van der Waals surface area contributed by atoms with Crippen LogP contribution in [0.25, 0.3) is 0 Å². The molecule has 0 aromatic heterocycles. The second kappa shape index (κ2) is 11.7. The third-order valence-electron chi connectivity index (χ3n) is 6.42. The first kappa shape index (κ1) is 25.9. The highest BCUT2D eigenvalue weighted by Gasteiger charge is 2.34. The number of fused-ring (bicyclic) bond motifs is 1. The largest absolute Gasteiger partial charge is 0.491 e. The van der Waals surface area contributed by atoms with Crippen molar-refractivity contribution in [2.45, 2.75) is 37.1 Å². The van der Waals surface area contributed by atoms with Crippen LogP contribution < -0.4 is 4.74 Å². The minimum Gasteiger partial charge on any atom is -0.491 e. The number of benzene rings is 3. The van der Waals surface area contributed by atoms with E-state index in [9.17, 15) is 17.6 Å². The topological polar surface area (TPSA) is 66.9 Å². The Bertz CT molecular complexity index is 1280. The molecule has 1 heterocycles. The van der Waals surface area contributed by atoms with Crippen molar-refractivity contribution in [3.63, 3.8) is 0 Å². The Hall–Kier alpha value is -3.23. The van der Waals surface area contributed by atoms with Crippen LogP contribution >= 0.6 is 0 Å². The number of sulfonamides is 1. The van der Waals surface area contributed by atoms with E-state index in [1.807, 2.05) is 37.3 Å². The summed E-state index contributed by atoms with van der Waals surface area (Å²) in [6, 6.07) is 21.4. The van der Waals surface area contributed by atoms with Crippen molar-refractivity contribution < 1.29 is 22.3 Å². The molecule has 0 spiro atoms. The minimum absolute atomic E-state index is 0.0129. The summed E-state index contributed by atoms with van der Waals surface area (Å²) in [4.78, 5) is 14.6. The molecule has 3 aromatic rings. The number of amides is 1. The fourth-order valence-electron chi connectivity index (χ4n) is 4.51. The van der Waals surface area contributed by atoms with Gasteiger partial charge in [-0.05, 0) is 56.0 Å². The lowest BCUT2D eigenvalue weighted by atomic mass is 10.1. The molecule has 8 heteroatoms. The first-order valence-corrected chi connectivity index (χ1v) is 13.7. The number of nitrogens with zero attached hydrogens (tertiary/aromatic N) is 2. The molecule has 0 N–H and O–H groups in total. The molecule has 190 valence electrons. The predicted molar refractivity (Wildman–Crippen MR) is 137 cm³/mol. The predicted octanol–water partition coefficient (Wildman–Crippen LogP) is 4.76. The Morgan fingerprint density at radius 1 is 0.917 bits per heavy atom. The van der Waals surface area contributed by atoms with Crippen molar-refractivity contribution >= 4 is 15.9 Å². The van der Waals surface area contributed by atoms with Crippen LogP contribution in [-0.2, 0) is 16.4 Å². The fraction of sp³-hybridized carbons (Fsp3) is 0.321. The monoisotopic (exact) mass is 510 g/mol. The lowest BCUT2D eigenvalue weighted by Gasteiger charge is -2.32. The Labute approximate surface area is 212 Å². The lowest BCUT2D eigenvalue weighted by molar-refractivity contribution is 0.0750. The molecule has 0 aliphatic carbocycles. The lowest BCUT2D eigenvalue weighted by Crippen LogP contribution is -2.46. The zero-order chi connectivity index (χ0) is 25.5. The van der Waals surface area contributed by atoms with Gasteiger partial charge in [-0.3, -0.25) is 4.79 Å². The molecule has 0 bridgehead atoms. The maximum absolute atomic E-state index is 14.7. The third-order valence-corrected chi connectivity index (χ3v) is 8.40. The molecule has 0 saturated carbocycles. The maximum atomic E-state index is 14.7. The van der Waals surface area contributed by atoms with Gasteiger partial charge in [0, 0.05) is 19.6 Å². The SMILES string of the molecule is CCN1CCCCN(S(=O)(=O)c2ccccc2F)[C@H](Cc2ccccc2)COc2ccccc2C1=O. The van der Waals surface area contributed by atoms with Crippen molar-refractivity contribution in [2.75, 3.05) is 26.2 Å². The van der Waals surface area contributed by atoms with Gasteiger partial charge in [0.25, 0.3) is 5.91 Å². The number of ether oxygens (including phenoxy) is 1. The van der Waals surface area contributed by atoms with Crippen molar-refractivity contribution in [1.82, 2.24) is 9.21 Å². The van der Waals surface area contributed by atoms with Crippen LogP contribution in [0.1, 0.15) is 35.7 Å².